The highest BCUT2D eigenvalue weighted by molar-refractivity contribution is 8.27. The number of benzene rings is 2. The molecule has 2 aliphatic rings. The van der Waals surface area contributed by atoms with Crippen LogP contribution in [0.3, 0.4) is 0 Å². The number of amides is 1. The number of anilines is 2. The predicted octanol–water partition coefficient (Wildman–Crippen LogP) is 4.15. The van der Waals surface area contributed by atoms with Crippen LogP contribution in [-0.4, -0.2) is 41.5 Å². The minimum absolute atomic E-state index is 0.0137. The lowest BCUT2D eigenvalue weighted by Crippen LogP contribution is -2.36. The number of nitro groups is 1. The lowest BCUT2D eigenvalue weighted by atomic mass is 10.1. The molecule has 30 heavy (non-hydrogen) atoms. The highest BCUT2D eigenvalue weighted by Crippen LogP contribution is 2.37. The summed E-state index contributed by atoms with van der Waals surface area (Å²) in [7, 11) is 0. The largest absolute Gasteiger partial charge is 0.378 e. The molecule has 2 aliphatic heterocycles. The predicted molar refractivity (Wildman–Crippen MR) is 123 cm³/mol. The molecule has 0 unspecified atom stereocenters. The zero-order valence-electron chi connectivity index (χ0n) is 16.2. The van der Waals surface area contributed by atoms with Gasteiger partial charge < -0.3 is 9.64 Å². The van der Waals surface area contributed by atoms with E-state index in [9.17, 15) is 14.9 Å². The molecule has 2 aromatic carbocycles. The molecule has 7 nitrogen and oxygen atoms in total. The van der Waals surface area contributed by atoms with Gasteiger partial charge in [-0.3, -0.25) is 19.8 Å². The Morgan fingerprint density at radius 2 is 1.97 bits per heavy atom. The Labute approximate surface area is 183 Å². The number of hydrogen-bond donors (Lipinski definition) is 0. The zero-order chi connectivity index (χ0) is 21.3. The average molecular weight is 442 g/mol. The number of thiocarbonyl (C=S) groups is 1. The van der Waals surface area contributed by atoms with Crippen molar-refractivity contribution < 1.29 is 14.5 Å². The van der Waals surface area contributed by atoms with E-state index in [0.717, 1.165) is 11.3 Å². The summed E-state index contributed by atoms with van der Waals surface area (Å²) in [5, 5.41) is 11.7. The molecular weight excluding hydrogens is 422 g/mol. The monoisotopic (exact) mass is 441 g/mol. The number of morpholine rings is 1. The first-order valence-corrected chi connectivity index (χ1v) is 10.6. The highest BCUT2D eigenvalue weighted by Gasteiger charge is 2.33. The van der Waals surface area contributed by atoms with Crippen LogP contribution in [0.1, 0.15) is 11.1 Å². The van der Waals surface area contributed by atoms with Crippen molar-refractivity contribution >= 4 is 57.3 Å². The minimum atomic E-state index is -0.389. The molecule has 2 heterocycles. The molecule has 154 valence electrons. The van der Waals surface area contributed by atoms with Crippen LogP contribution in [0.15, 0.2) is 47.4 Å². The molecule has 0 N–H and O–H groups in total. The lowest BCUT2D eigenvalue weighted by Gasteiger charge is -2.28. The second-order valence-electron chi connectivity index (χ2n) is 6.96. The molecular formula is C21H19N3O4S2. The van der Waals surface area contributed by atoms with Gasteiger partial charge >= 0.3 is 0 Å². The summed E-state index contributed by atoms with van der Waals surface area (Å²) in [6.07, 6.45) is 1.66. The van der Waals surface area contributed by atoms with Crippen LogP contribution in [-0.2, 0) is 9.53 Å². The van der Waals surface area contributed by atoms with Crippen molar-refractivity contribution in [3.05, 3.63) is 68.6 Å². The summed E-state index contributed by atoms with van der Waals surface area (Å²) >= 11 is 6.61. The Bertz CT molecular complexity index is 1060. The number of ether oxygens (including phenoxy) is 1. The van der Waals surface area contributed by atoms with Gasteiger partial charge in [-0.05, 0) is 42.3 Å². The fraction of sp³-hybridized carbons (Fsp3) is 0.238. The van der Waals surface area contributed by atoms with Crippen molar-refractivity contribution in [1.82, 2.24) is 0 Å². The summed E-state index contributed by atoms with van der Waals surface area (Å²) in [4.78, 5) is 28.1. The molecule has 0 bridgehead atoms. The third-order valence-corrected chi connectivity index (χ3v) is 6.20. The van der Waals surface area contributed by atoms with E-state index >= 15 is 0 Å². The fourth-order valence-corrected chi connectivity index (χ4v) is 4.76. The number of thioether (sulfide) groups is 1. The Balaban J connectivity index is 1.64. The standard InChI is InChI=1S/C21H19N3O4S2/c1-14-3-2-4-16(11-14)23-20(25)19(30-21(23)29)13-15-5-6-17(18(12-15)24(26)27)22-7-9-28-10-8-22/h2-6,11-13H,7-10H2,1H3/b19-13+. The zero-order valence-corrected chi connectivity index (χ0v) is 17.9. The molecule has 2 fully saturated rings. The molecule has 0 atom stereocenters. The van der Waals surface area contributed by atoms with Crippen molar-refractivity contribution in [2.24, 2.45) is 0 Å². The molecule has 0 aromatic heterocycles. The van der Waals surface area contributed by atoms with E-state index in [0.29, 0.717) is 46.8 Å². The number of nitro benzene ring substituents is 1. The van der Waals surface area contributed by atoms with Crippen LogP contribution in [0.2, 0.25) is 0 Å². The average Bonchev–Trinajstić information content (AvgIpc) is 3.01. The summed E-state index contributed by atoms with van der Waals surface area (Å²) in [5.74, 6) is -0.226. The van der Waals surface area contributed by atoms with Gasteiger partial charge in [-0.25, -0.2) is 0 Å². The molecule has 0 saturated carbocycles. The molecule has 0 aliphatic carbocycles. The van der Waals surface area contributed by atoms with E-state index in [1.54, 1.807) is 18.2 Å². The van der Waals surface area contributed by atoms with E-state index in [4.69, 9.17) is 17.0 Å². The molecule has 9 heteroatoms. The Hall–Kier alpha value is -2.75. The SMILES string of the molecule is Cc1cccc(N2C(=O)/C(=C\c3ccc(N4CCOCC4)c([N+](=O)[O-])c3)SC2=S)c1. The van der Waals surface area contributed by atoms with E-state index in [2.05, 4.69) is 0 Å². The van der Waals surface area contributed by atoms with Crippen molar-refractivity contribution in [1.29, 1.82) is 0 Å². The third-order valence-electron chi connectivity index (χ3n) is 4.90. The molecule has 1 amide bonds. The first kappa shape index (κ1) is 20.5. The molecule has 4 rings (SSSR count). The van der Waals surface area contributed by atoms with Gasteiger partial charge in [0.05, 0.1) is 28.7 Å². The summed E-state index contributed by atoms with van der Waals surface area (Å²) in [6, 6.07) is 12.6. The maximum Gasteiger partial charge on any atom is 0.293 e. The number of carbonyl (C=O) groups is 1. The van der Waals surface area contributed by atoms with E-state index in [1.165, 1.54) is 22.7 Å². The number of aryl methyl sites for hydroxylation is 1. The first-order chi connectivity index (χ1) is 14.4. The van der Waals surface area contributed by atoms with E-state index in [1.807, 2.05) is 36.1 Å². The van der Waals surface area contributed by atoms with Gasteiger partial charge in [-0.1, -0.05) is 42.2 Å². The van der Waals surface area contributed by atoms with E-state index < -0.39 is 0 Å². The maximum atomic E-state index is 13.0. The van der Waals surface area contributed by atoms with E-state index in [-0.39, 0.29) is 16.5 Å². The van der Waals surface area contributed by atoms with Gasteiger partial charge in [-0.2, -0.15) is 0 Å². The minimum Gasteiger partial charge on any atom is -0.378 e. The second kappa shape index (κ2) is 8.55. The van der Waals surface area contributed by atoms with Crippen LogP contribution in [0.5, 0.6) is 0 Å². The Kier molecular flexibility index (Phi) is 5.85. The van der Waals surface area contributed by atoms with Gasteiger partial charge in [0.1, 0.15) is 5.69 Å². The third kappa shape index (κ3) is 4.09. The molecule has 2 aromatic rings. The van der Waals surface area contributed by atoms with Gasteiger partial charge in [0.2, 0.25) is 0 Å². The van der Waals surface area contributed by atoms with Gasteiger partial charge in [0.25, 0.3) is 11.6 Å². The first-order valence-electron chi connectivity index (χ1n) is 9.40. The molecule has 0 spiro atoms. The lowest BCUT2D eigenvalue weighted by molar-refractivity contribution is -0.384. The van der Waals surface area contributed by atoms with Crippen molar-refractivity contribution in [3.63, 3.8) is 0 Å². The van der Waals surface area contributed by atoms with Gasteiger partial charge in [0, 0.05) is 19.2 Å². The second-order valence-corrected chi connectivity index (χ2v) is 8.64. The van der Waals surface area contributed by atoms with Crippen LogP contribution in [0.25, 0.3) is 6.08 Å². The Morgan fingerprint density at radius 3 is 2.67 bits per heavy atom. The van der Waals surface area contributed by atoms with Crippen LogP contribution in [0, 0.1) is 17.0 Å². The van der Waals surface area contributed by atoms with Crippen molar-refractivity contribution in [3.8, 4) is 0 Å². The van der Waals surface area contributed by atoms with Gasteiger partial charge in [-0.15, -0.1) is 0 Å². The van der Waals surface area contributed by atoms with Crippen molar-refractivity contribution in [2.75, 3.05) is 36.1 Å². The van der Waals surface area contributed by atoms with Crippen molar-refractivity contribution in [2.45, 2.75) is 6.92 Å². The Morgan fingerprint density at radius 1 is 1.20 bits per heavy atom. The number of nitrogens with zero attached hydrogens (tertiary/aromatic N) is 3. The number of carbonyl (C=O) groups excluding carboxylic acids is 1. The quantitative estimate of drug-likeness (QED) is 0.305. The normalized spacial score (nSPS) is 18.4. The highest BCUT2D eigenvalue weighted by atomic mass is 32.2. The fourth-order valence-electron chi connectivity index (χ4n) is 3.46. The van der Waals surface area contributed by atoms with Gasteiger partial charge in [0.15, 0.2) is 4.32 Å². The smallest absolute Gasteiger partial charge is 0.293 e. The molecule has 0 radical (unpaired) electrons. The topological polar surface area (TPSA) is 75.9 Å². The number of rotatable bonds is 4. The summed E-state index contributed by atoms with van der Waals surface area (Å²) in [5.41, 5.74) is 2.91. The number of hydrogen-bond acceptors (Lipinski definition) is 7. The summed E-state index contributed by atoms with van der Waals surface area (Å²) in [6.45, 7) is 4.25. The van der Waals surface area contributed by atoms with Crippen LogP contribution < -0.4 is 9.80 Å². The van der Waals surface area contributed by atoms with Crippen LogP contribution >= 0.6 is 24.0 Å². The molecule has 2 saturated heterocycles. The summed E-state index contributed by atoms with van der Waals surface area (Å²) < 4.78 is 5.77. The maximum absolute atomic E-state index is 13.0. The van der Waals surface area contributed by atoms with Crippen LogP contribution in [0.4, 0.5) is 17.1 Å².